The maximum absolute atomic E-state index is 4.47. The minimum Gasteiger partial charge on any atom is -0.345 e. The molecule has 24 heavy (non-hydrogen) atoms. The summed E-state index contributed by atoms with van der Waals surface area (Å²) < 4.78 is 3.67. The number of nitrogens with zero attached hydrogens (tertiary/aromatic N) is 5. The van der Waals surface area contributed by atoms with Gasteiger partial charge < -0.3 is 4.98 Å². The number of aromatic nitrogens is 6. The Kier molecular flexibility index (Phi) is 2.61. The number of rotatable bonds is 2. The quantitative estimate of drug-likeness (QED) is 0.544. The van der Waals surface area contributed by atoms with Crippen molar-refractivity contribution in [3.05, 3.63) is 61.4 Å². The molecule has 0 amide bonds. The minimum absolute atomic E-state index is 0.875. The van der Waals surface area contributed by atoms with Gasteiger partial charge in [-0.25, -0.2) is 9.50 Å². The predicted molar refractivity (Wildman–Crippen MR) is 92.5 cm³/mol. The minimum atomic E-state index is 0.875. The number of hydrogen-bond donors (Lipinski definition) is 1. The number of aryl methyl sites for hydroxylation is 1. The molecular weight excluding hydrogens is 300 g/mol. The fourth-order valence-electron chi connectivity index (χ4n) is 3.17. The van der Waals surface area contributed by atoms with Crippen molar-refractivity contribution in [1.29, 1.82) is 0 Å². The van der Waals surface area contributed by atoms with Crippen molar-refractivity contribution in [2.45, 2.75) is 0 Å². The molecule has 6 nitrogen and oxygen atoms in total. The van der Waals surface area contributed by atoms with E-state index in [1.807, 2.05) is 59.4 Å². The summed E-state index contributed by atoms with van der Waals surface area (Å²) in [6.07, 6.45) is 11.5. The van der Waals surface area contributed by atoms with E-state index in [2.05, 4.69) is 32.3 Å². The van der Waals surface area contributed by atoms with E-state index in [1.54, 1.807) is 6.20 Å². The number of pyridine rings is 2. The van der Waals surface area contributed by atoms with Gasteiger partial charge in [-0.05, 0) is 35.4 Å². The van der Waals surface area contributed by atoms with Crippen LogP contribution in [0, 0.1) is 0 Å². The lowest BCUT2D eigenvalue weighted by Crippen LogP contribution is -1.87. The maximum Gasteiger partial charge on any atom is 0.138 e. The molecule has 0 spiro atoms. The average molecular weight is 314 g/mol. The van der Waals surface area contributed by atoms with E-state index in [-0.39, 0.29) is 0 Å². The Morgan fingerprint density at radius 2 is 1.96 bits per heavy atom. The second-order valence-corrected chi connectivity index (χ2v) is 5.80. The topological polar surface area (TPSA) is 63.8 Å². The normalized spacial score (nSPS) is 11.5. The molecule has 0 bridgehead atoms. The highest BCUT2D eigenvalue weighted by molar-refractivity contribution is 6.04. The van der Waals surface area contributed by atoms with Crippen LogP contribution in [0.1, 0.15) is 0 Å². The third kappa shape index (κ3) is 1.86. The third-order valence-corrected chi connectivity index (χ3v) is 4.30. The Morgan fingerprint density at radius 1 is 1.00 bits per heavy atom. The second kappa shape index (κ2) is 4.79. The van der Waals surface area contributed by atoms with E-state index in [0.717, 1.165) is 38.8 Å². The summed E-state index contributed by atoms with van der Waals surface area (Å²) in [4.78, 5) is 7.76. The SMILES string of the molecule is Cn1cc(-c2ccnc3[nH]cc(-c4ccn5nccc5c4)c23)cn1. The van der Waals surface area contributed by atoms with Crippen molar-refractivity contribution in [1.82, 2.24) is 29.4 Å². The molecule has 116 valence electrons. The van der Waals surface area contributed by atoms with Gasteiger partial charge in [0.15, 0.2) is 0 Å². The molecule has 1 N–H and O–H groups in total. The summed E-state index contributed by atoms with van der Waals surface area (Å²) in [6, 6.07) is 8.24. The van der Waals surface area contributed by atoms with Crippen molar-refractivity contribution >= 4 is 16.6 Å². The van der Waals surface area contributed by atoms with Crippen molar-refractivity contribution in [2.24, 2.45) is 7.05 Å². The monoisotopic (exact) mass is 314 g/mol. The van der Waals surface area contributed by atoms with Gasteiger partial charge in [-0.1, -0.05) is 0 Å². The molecular formula is C18H14N6. The molecule has 0 unspecified atom stereocenters. The summed E-state index contributed by atoms with van der Waals surface area (Å²) in [5, 5.41) is 9.66. The fraction of sp³-hybridized carbons (Fsp3) is 0.0556. The van der Waals surface area contributed by atoms with Crippen LogP contribution in [0.15, 0.2) is 61.4 Å². The fourth-order valence-corrected chi connectivity index (χ4v) is 3.17. The van der Waals surface area contributed by atoms with Crippen LogP contribution in [0.5, 0.6) is 0 Å². The largest absolute Gasteiger partial charge is 0.345 e. The molecule has 0 atom stereocenters. The molecule has 0 aliphatic rings. The van der Waals surface area contributed by atoms with Crippen LogP contribution in [0.25, 0.3) is 38.8 Å². The van der Waals surface area contributed by atoms with E-state index in [4.69, 9.17) is 0 Å². The molecule has 5 aromatic rings. The molecule has 0 saturated carbocycles. The molecule has 0 aliphatic heterocycles. The second-order valence-electron chi connectivity index (χ2n) is 5.80. The van der Waals surface area contributed by atoms with E-state index in [1.165, 1.54) is 0 Å². The van der Waals surface area contributed by atoms with Gasteiger partial charge in [-0.2, -0.15) is 10.2 Å². The van der Waals surface area contributed by atoms with E-state index < -0.39 is 0 Å². The summed E-state index contributed by atoms with van der Waals surface area (Å²) in [5.41, 5.74) is 6.40. The van der Waals surface area contributed by atoms with Gasteiger partial charge in [0, 0.05) is 54.5 Å². The van der Waals surface area contributed by atoms with Crippen LogP contribution in [0.3, 0.4) is 0 Å². The zero-order chi connectivity index (χ0) is 16.1. The van der Waals surface area contributed by atoms with Crippen LogP contribution in [-0.2, 0) is 7.05 Å². The Balaban J connectivity index is 1.79. The van der Waals surface area contributed by atoms with Gasteiger partial charge in [-0.3, -0.25) is 4.68 Å². The molecule has 0 aromatic carbocycles. The molecule has 5 heterocycles. The van der Waals surface area contributed by atoms with Gasteiger partial charge >= 0.3 is 0 Å². The van der Waals surface area contributed by atoms with Crippen molar-refractivity contribution in [3.63, 3.8) is 0 Å². The molecule has 0 aliphatic carbocycles. The first-order valence-electron chi connectivity index (χ1n) is 7.68. The van der Waals surface area contributed by atoms with Crippen LogP contribution in [0.2, 0.25) is 0 Å². The lowest BCUT2D eigenvalue weighted by atomic mass is 10.0. The van der Waals surface area contributed by atoms with Crippen LogP contribution in [-0.4, -0.2) is 29.4 Å². The number of nitrogens with one attached hydrogen (secondary N) is 1. The first kappa shape index (κ1) is 13.1. The zero-order valence-corrected chi connectivity index (χ0v) is 13.0. The van der Waals surface area contributed by atoms with E-state index >= 15 is 0 Å². The molecule has 0 radical (unpaired) electrons. The Labute approximate surface area is 137 Å². The highest BCUT2D eigenvalue weighted by atomic mass is 15.2. The summed E-state index contributed by atoms with van der Waals surface area (Å²) in [5.74, 6) is 0. The molecule has 0 saturated heterocycles. The van der Waals surface area contributed by atoms with Crippen molar-refractivity contribution in [2.75, 3.05) is 0 Å². The standard InChI is InChI=1S/C18H14N6/c1-23-11-13(9-22-23)15-3-5-19-18-17(15)16(10-20-18)12-4-7-24-14(8-12)2-6-21-24/h2-11H,1H3,(H,19,20). The van der Waals surface area contributed by atoms with E-state index in [0.29, 0.717) is 0 Å². The Hall–Kier alpha value is -3.41. The predicted octanol–water partition coefficient (Wildman–Crippen LogP) is 3.28. The molecule has 0 fully saturated rings. The Bertz CT molecular complexity index is 1180. The van der Waals surface area contributed by atoms with E-state index in [9.17, 15) is 0 Å². The summed E-state index contributed by atoms with van der Waals surface area (Å²) >= 11 is 0. The van der Waals surface area contributed by atoms with Crippen LogP contribution in [0.4, 0.5) is 0 Å². The van der Waals surface area contributed by atoms with Gasteiger partial charge in [-0.15, -0.1) is 0 Å². The summed E-state index contributed by atoms with van der Waals surface area (Å²) in [7, 11) is 1.92. The molecule has 5 aromatic heterocycles. The van der Waals surface area contributed by atoms with Gasteiger partial charge in [0.05, 0.1) is 11.7 Å². The highest BCUT2D eigenvalue weighted by Crippen LogP contribution is 2.35. The number of H-pyrrole nitrogens is 1. The van der Waals surface area contributed by atoms with Crippen molar-refractivity contribution < 1.29 is 0 Å². The highest BCUT2D eigenvalue weighted by Gasteiger charge is 2.14. The molecule has 5 rings (SSSR count). The van der Waals surface area contributed by atoms with Crippen LogP contribution < -0.4 is 0 Å². The van der Waals surface area contributed by atoms with Gasteiger partial charge in [0.25, 0.3) is 0 Å². The summed E-state index contributed by atoms with van der Waals surface area (Å²) in [6.45, 7) is 0. The average Bonchev–Trinajstić information content (AvgIpc) is 3.32. The maximum atomic E-state index is 4.47. The van der Waals surface area contributed by atoms with Crippen LogP contribution >= 0.6 is 0 Å². The Morgan fingerprint density at radius 3 is 2.83 bits per heavy atom. The smallest absolute Gasteiger partial charge is 0.138 e. The zero-order valence-electron chi connectivity index (χ0n) is 13.0. The van der Waals surface area contributed by atoms with Gasteiger partial charge in [0.2, 0.25) is 0 Å². The first-order valence-corrected chi connectivity index (χ1v) is 7.68. The lowest BCUT2D eigenvalue weighted by Gasteiger charge is -2.05. The third-order valence-electron chi connectivity index (χ3n) is 4.30. The molecule has 6 heteroatoms. The number of hydrogen-bond acceptors (Lipinski definition) is 3. The van der Waals surface area contributed by atoms with Crippen molar-refractivity contribution in [3.8, 4) is 22.3 Å². The number of aromatic amines is 1. The first-order chi connectivity index (χ1) is 11.8. The number of fused-ring (bicyclic) bond motifs is 2. The lowest BCUT2D eigenvalue weighted by molar-refractivity contribution is 0.768. The van der Waals surface area contributed by atoms with Gasteiger partial charge in [0.1, 0.15) is 5.65 Å².